The molecule has 0 aliphatic carbocycles. The first-order chi connectivity index (χ1) is 21.5. The fourth-order valence-electron chi connectivity index (χ4n) is 4.67. The van der Waals surface area contributed by atoms with Crippen LogP contribution in [0.4, 0.5) is 5.69 Å². The molecule has 0 radical (unpaired) electrons. The van der Waals surface area contributed by atoms with E-state index in [-0.39, 0.29) is 33.6 Å². The maximum Gasteiger partial charge on any atom is 0.264 e. The molecular weight excluding hydrogens is 676 g/mol. The van der Waals surface area contributed by atoms with E-state index in [9.17, 15) is 18.0 Å². The van der Waals surface area contributed by atoms with Crippen molar-refractivity contribution < 1.29 is 18.0 Å². The smallest absolute Gasteiger partial charge is 0.264 e. The van der Waals surface area contributed by atoms with E-state index < -0.39 is 34.4 Å². The number of carbonyl (C=O) groups is 2. The van der Waals surface area contributed by atoms with Gasteiger partial charge in [0.15, 0.2) is 0 Å². The number of nitrogens with zero attached hydrogens (tertiary/aromatic N) is 2. The molecule has 0 heterocycles. The molecule has 0 bridgehead atoms. The summed E-state index contributed by atoms with van der Waals surface area (Å²) in [6.45, 7) is 1.52. The van der Waals surface area contributed by atoms with E-state index in [1.54, 1.807) is 42.5 Å². The third-order valence-electron chi connectivity index (χ3n) is 6.99. The van der Waals surface area contributed by atoms with Gasteiger partial charge in [0, 0.05) is 29.6 Å². The molecule has 1 atom stereocenters. The zero-order valence-corrected chi connectivity index (χ0v) is 28.1. The summed E-state index contributed by atoms with van der Waals surface area (Å²) in [5.74, 6) is -1.05. The summed E-state index contributed by atoms with van der Waals surface area (Å²) in [6, 6.07) is 25.3. The van der Waals surface area contributed by atoms with E-state index in [2.05, 4.69) is 5.32 Å². The van der Waals surface area contributed by atoms with Crippen molar-refractivity contribution in [3.63, 3.8) is 0 Å². The van der Waals surface area contributed by atoms with Crippen molar-refractivity contribution >= 4 is 73.9 Å². The number of benzene rings is 4. The Morgan fingerprint density at radius 1 is 0.822 bits per heavy atom. The fraction of sp³-hybridized carbons (Fsp3) is 0.212. The standard InChI is InChI=1S/C33H31Cl4N3O4S/c1-2-18-38-33(42)30(19-23-10-5-3-6-11-23)39(21-24-16-17-25(34)20-28(24)36)31(41)22-40(29-15-9-14-27(35)32(29)37)45(43,44)26-12-7-4-8-13-26/h3-17,20,30H,2,18-19,21-22H2,1H3,(H,38,42)/t30-/m0/s1. The number of nitrogens with one attached hydrogen (secondary N) is 1. The van der Waals surface area contributed by atoms with Gasteiger partial charge >= 0.3 is 0 Å². The summed E-state index contributed by atoms with van der Waals surface area (Å²) < 4.78 is 29.1. The van der Waals surface area contributed by atoms with Crippen LogP contribution < -0.4 is 9.62 Å². The van der Waals surface area contributed by atoms with Crippen LogP contribution in [0.15, 0.2) is 102 Å². The van der Waals surface area contributed by atoms with Gasteiger partial charge in [-0.25, -0.2) is 8.42 Å². The highest BCUT2D eigenvalue weighted by atomic mass is 35.5. The van der Waals surface area contributed by atoms with Gasteiger partial charge in [0.1, 0.15) is 12.6 Å². The molecule has 0 fully saturated rings. The Labute approximate surface area is 283 Å². The molecule has 12 heteroatoms. The molecular formula is C33H31Cl4N3O4S. The zero-order chi connectivity index (χ0) is 32.6. The first kappa shape index (κ1) is 34.6. The Hall–Kier alpha value is -3.27. The number of carbonyl (C=O) groups excluding carboxylic acids is 2. The van der Waals surface area contributed by atoms with Crippen molar-refractivity contribution in [1.82, 2.24) is 10.2 Å². The first-order valence-corrected chi connectivity index (χ1v) is 17.0. The van der Waals surface area contributed by atoms with E-state index in [0.29, 0.717) is 28.6 Å². The van der Waals surface area contributed by atoms with E-state index in [1.807, 2.05) is 37.3 Å². The van der Waals surface area contributed by atoms with Gasteiger partial charge in [0.25, 0.3) is 10.0 Å². The average Bonchev–Trinajstić information content (AvgIpc) is 3.03. The monoisotopic (exact) mass is 705 g/mol. The largest absolute Gasteiger partial charge is 0.354 e. The second-order valence-corrected chi connectivity index (χ2v) is 13.6. The molecule has 2 amide bonds. The molecule has 4 aromatic carbocycles. The van der Waals surface area contributed by atoms with Gasteiger partial charge < -0.3 is 10.2 Å². The van der Waals surface area contributed by atoms with Crippen molar-refractivity contribution in [2.24, 2.45) is 0 Å². The van der Waals surface area contributed by atoms with Crippen LogP contribution in [0, 0.1) is 0 Å². The molecule has 0 saturated heterocycles. The zero-order valence-electron chi connectivity index (χ0n) is 24.3. The summed E-state index contributed by atoms with van der Waals surface area (Å²) in [6.07, 6.45) is 0.841. The second-order valence-electron chi connectivity index (χ2n) is 10.2. The normalized spacial score (nSPS) is 11.9. The Bertz CT molecular complexity index is 1740. The molecule has 7 nitrogen and oxygen atoms in total. The maximum absolute atomic E-state index is 14.5. The predicted molar refractivity (Wildman–Crippen MR) is 182 cm³/mol. The highest BCUT2D eigenvalue weighted by molar-refractivity contribution is 7.92. The Balaban J connectivity index is 1.84. The molecule has 1 N–H and O–H groups in total. The summed E-state index contributed by atoms with van der Waals surface area (Å²) in [4.78, 5) is 29.5. The topological polar surface area (TPSA) is 86.8 Å². The lowest BCUT2D eigenvalue weighted by Crippen LogP contribution is -2.53. The van der Waals surface area contributed by atoms with Crippen molar-refractivity contribution in [2.75, 3.05) is 17.4 Å². The minimum atomic E-state index is -4.33. The van der Waals surface area contributed by atoms with E-state index in [4.69, 9.17) is 46.4 Å². The number of halogens is 4. The lowest BCUT2D eigenvalue weighted by Gasteiger charge is -2.34. The van der Waals surface area contributed by atoms with Crippen molar-refractivity contribution in [2.45, 2.75) is 37.2 Å². The molecule has 4 rings (SSSR count). The van der Waals surface area contributed by atoms with Gasteiger partial charge in [-0.1, -0.05) is 114 Å². The van der Waals surface area contributed by atoms with Crippen LogP contribution in [-0.4, -0.2) is 44.3 Å². The van der Waals surface area contributed by atoms with Gasteiger partial charge in [-0.3, -0.25) is 13.9 Å². The summed E-state index contributed by atoms with van der Waals surface area (Å²) in [7, 11) is -4.33. The van der Waals surface area contributed by atoms with Crippen LogP contribution >= 0.6 is 46.4 Å². The summed E-state index contributed by atoms with van der Waals surface area (Å²) in [5, 5.41) is 3.66. The molecule has 0 unspecified atom stereocenters. The van der Waals surface area contributed by atoms with Gasteiger partial charge in [-0.05, 0) is 53.9 Å². The van der Waals surface area contributed by atoms with Gasteiger partial charge in [0.2, 0.25) is 11.8 Å². The van der Waals surface area contributed by atoms with Crippen LogP contribution in [0.1, 0.15) is 24.5 Å². The highest BCUT2D eigenvalue weighted by Crippen LogP contribution is 2.36. The number of anilines is 1. The van der Waals surface area contributed by atoms with Crippen LogP contribution in [0.25, 0.3) is 0 Å². The number of rotatable bonds is 13. The second kappa shape index (κ2) is 15.8. The van der Waals surface area contributed by atoms with Crippen molar-refractivity contribution in [3.8, 4) is 0 Å². The number of amides is 2. The SMILES string of the molecule is CCCNC(=O)[C@H](Cc1ccccc1)N(Cc1ccc(Cl)cc1Cl)C(=O)CN(c1cccc(Cl)c1Cl)S(=O)(=O)c1ccccc1. The molecule has 0 spiro atoms. The lowest BCUT2D eigenvalue weighted by molar-refractivity contribution is -0.140. The fourth-order valence-corrected chi connectivity index (χ4v) is 7.03. The molecule has 45 heavy (non-hydrogen) atoms. The molecule has 0 saturated carbocycles. The Morgan fingerprint density at radius 2 is 1.49 bits per heavy atom. The van der Waals surface area contributed by atoms with Gasteiger partial charge in [-0.15, -0.1) is 0 Å². The molecule has 4 aromatic rings. The van der Waals surface area contributed by atoms with Crippen molar-refractivity contribution in [1.29, 1.82) is 0 Å². The molecule has 236 valence electrons. The third-order valence-corrected chi connectivity index (χ3v) is 10.2. The number of hydrogen-bond donors (Lipinski definition) is 1. The van der Waals surface area contributed by atoms with Crippen LogP contribution in [-0.2, 0) is 32.6 Å². The average molecular weight is 708 g/mol. The minimum absolute atomic E-state index is 0.0147. The minimum Gasteiger partial charge on any atom is -0.354 e. The quantitative estimate of drug-likeness (QED) is 0.155. The van der Waals surface area contributed by atoms with E-state index >= 15 is 0 Å². The van der Waals surface area contributed by atoms with E-state index in [0.717, 1.165) is 9.87 Å². The number of hydrogen-bond acceptors (Lipinski definition) is 4. The van der Waals surface area contributed by atoms with E-state index in [1.165, 1.54) is 29.2 Å². The third kappa shape index (κ3) is 8.71. The number of sulfonamides is 1. The highest BCUT2D eigenvalue weighted by Gasteiger charge is 2.35. The van der Waals surface area contributed by atoms with Crippen LogP contribution in [0.5, 0.6) is 0 Å². The Kier molecular flexibility index (Phi) is 12.2. The molecule has 0 aromatic heterocycles. The Morgan fingerprint density at radius 3 is 2.13 bits per heavy atom. The predicted octanol–water partition coefficient (Wildman–Crippen LogP) is 7.66. The summed E-state index contributed by atoms with van der Waals surface area (Å²) >= 11 is 25.5. The molecule has 0 aliphatic rings. The van der Waals surface area contributed by atoms with Gasteiger partial charge in [0.05, 0.1) is 20.6 Å². The molecule has 0 aliphatic heterocycles. The van der Waals surface area contributed by atoms with Gasteiger partial charge in [-0.2, -0.15) is 0 Å². The van der Waals surface area contributed by atoms with Crippen LogP contribution in [0.3, 0.4) is 0 Å². The van der Waals surface area contributed by atoms with Crippen molar-refractivity contribution in [3.05, 3.63) is 128 Å². The van der Waals surface area contributed by atoms with Crippen LogP contribution in [0.2, 0.25) is 20.1 Å². The maximum atomic E-state index is 14.5. The summed E-state index contributed by atoms with van der Waals surface area (Å²) in [5.41, 5.74) is 1.34. The first-order valence-electron chi connectivity index (χ1n) is 14.1. The lowest BCUT2D eigenvalue weighted by atomic mass is 10.0.